The van der Waals surface area contributed by atoms with Gasteiger partial charge >= 0.3 is 82.3 Å². The van der Waals surface area contributed by atoms with Gasteiger partial charge in [-0.1, -0.05) is 41.5 Å². The maximum atomic E-state index is 3.30. The molecule has 0 bridgehead atoms. The summed E-state index contributed by atoms with van der Waals surface area (Å²) in [6.45, 7) is 15.3. The van der Waals surface area contributed by atoms with Crippen LogP contribution in [-0.2, 0) is 29.8 Å². The molecule has 0 radical (unpaired) electrons. The Balaban J connectivity index is 0.000000253. The largest absolute Gasteiger partial charge is 1.00 e. The van der Waals surface area contributed by atoms with E-state index in [9.17, 15) is 0 Å². The SMILES string of the molecule is C[Si](C)(C)[Si](=[Zr+2])[Si](C)(C)C.[Cl-].[Cl-].[c-]1cccc2c1Cc1ccccc1-2.c1ccc2[cH-]ccc2c1. The fraction of sp³-hybridized carbons (Fsp3) is 0.250. The Bertz CT molecular complexity index is 1110. The predicted molar refractivity (Wildman–Crippen MR) is 146 cm³/mol. The van der Waals surface area contributed by atoms with Crippen LogP contribution in [-0.4, -0.2) is 19.7 Å². The first kappa shape index (κ1) is 31.4. The molecule has 4 aromatic carbocycles. The van der Waals surface area contributed by atoms with Crippen molar-refractivity contribution in [1.82, 2.24) is 0 Å². The minimum Gasteiger partial charge on any atom is -1.00 e. The van der Waals surface area contributed by atoms with Gasteiger partial charge in [0.25, 0.3) is 0 Å². The first-order valence-electron chi connectivity index (χ1n) is 11.3. The van der Waals surface area contributed by atoms with Crippen LogP contribution in [0.15, 0.2) is 84.9 Å². The van der Waals surface area contributed by atoms with E-state index < -0.39 is 15.2 Å². The topological polar surface area (TPSA) is 0 Å². The zero-order valence-electron chi connectivity index (χ0n) is 21.0. The number of fused-ring (bicyclic) bond motifs is 4. The maximum absolute atomic E-state index is 3.30. The second-order valence-corrected chi connectivity index (χ2v) is 44.7. The number of hydrogen-bond acceptors (Lipinski definition) is 0. The summed E-state index contributed by atoms with van der Waals surface area (Å²) in [4.78, 5) is 0. The summed E-state index contributed by atoms with van der Waals surface area (Å²) in [6, 6.07) is 32.8. The molecule has 0 aliphatic heterocycles. The van der Waals surface area contributed by atoms with Crippen molar-refractivity contribution in [1.29, 1.82) is 0 Å². The molecule has 0 N–H and O–H groups in total. The maximum Gasteiger partial charge on any atom is -0.0253 e. The summed E-state index contributed by atoms with van der Waals surface area (Å²) < 4.78 is 0.147. The van der Waals surface area contributed by atoms with E-state index >= 15 is 0 Å². The second kappa shape index (κ2) is 13.6. The first-order chi connectivity index (χ1) is 15.1. The molecule has 0 nitrogen and oxygen atoms in total. The molecule has 4 aromatic rings. The van der Waals surface area contributed by atoms with Crippen molar-refractivity contribution in [3.8, 4) is 11.1 Å². The van der Waals surface area contributed by atoms with Crippen LogP contribution >= 0.6 is 0 Å². The Morgan fingerprint density at radius 2 is 1.35 bits per heavy atom. The van der Waals surface area contributed by atoms with Gasteiger partial charge in [0.2, 0.25) is 0 Å². The van der Waals surface area contributed by atoms with Gasteiger partial charge in [0.05, 0.1) is 0 Å². The van der Waals surface area contributed by atoms with E-state index in [2.05, 4.69) is 124 Å². The van der Waals surface area contributed by atoms with E-state index in [1.807, 2.05) is 29.4 Å². The molecule has 0 unspecified atom stereocenters. The summed E-state index contributed by atoms with van der Waals surface area (Å²) in [5.74, 6) is 0. The van der Waals surface area contributed by atoms with Gasteiger partial charge in [-0.15, -0.1) is 35.2 Å². The molecule has 0 fully saturated rings. The van der Waals surface area contributed by atoms with Crippen molar-refractivity contribution in [3.63, 3.8) is 0 Å². The molecule has 1 aliphatic carbocycles. The number of hydrogen-bond donors (Lipinski definition) is 0. The molecule has 0 aromatic heterocycles. The van der Waals surface area contributed by atoms with E-state index in [-0.39, 0.29) is 29.3 Å². The zero-order chi connectivity index (χ0) is 23.4. The van der Waals surface area contributed by atoms with Crippen molar-refractivity contribution < 1.29 is 48.1 Å². The molecular weight excluding hydrogens is 583 g/mol. The third-order valence-electron chi connectivity index (χ3n) is 5.66. The van der Waals surface area contributed by atoms with Gasteiger partial charge in [-0.05, 0) is 6.42 Å². The molecule has 0 atom stereocenters. The van der Waals surface area contributed by atoms with Gasteiger partial charge < -0.3 is 24.8 Å². The van der Waals surface area contributed by atoms with Crippen molar-refractivity contribution in [2.45, 2.75) is 45.7 Å². The minimum atomic E-state index is -0.692. The second-order valence-electron chi connectivity index (χ2n) is 10.4. The fourth-order valence-corrected chi connectivity index (χ4v) is 33.4. The monoisotopic (exact) mass is 614 g/mol. The van der Waals surface area contributed by atoms with E-state index in [1.165, 1.54) is 33.0 Å². The average Bonchev–Trinajstić information content (AvgIpc) is 3.37. The smallest absolute Gasteiger partial charge is 0.0253 e. The van der Waals surface area contributed by atoms with Crippen molar-refractivity contribution >= 4 is 30.4 Å². The number of benzene rings is 3. The molecule has 5 rings (SSSR count). The molecule has 0 saturated carbocycles. The summed E-state index contributed by atoms with van der Waals surface area (Å²) in [5.41, 5.74) is 5.51. The van der Waals surface area contributed by atoms with Gasteiger partial charge in [-0.3, -0.25) is 0 Å². The summed E-state index contributed by atoms with van der Waals surface area (Å²) in [5, 5.41) is 2.66. The van der Waals surface area contributed by atoms with Crippen LogP contribution in [0, 0.1) is 6.07 Å². The standard InChI is InChI=1S/C13H9.C9H7.C6H18Si3.2ClH.Zr/c1-3-7-12-10(5-1)9-11-6-2-4-8-13(11)12;1-2-5-9-7-3-6-8(9)4-1;1-8(2,3)7-9(4,5)6;;;/h1-5,7-8H,9H2;1-7H;1-6H3;2*1H;/q2*-1;;;;+2/p-2. The number of rotatable bonds is 2. The zero-order valence-corrected chi connectivity index (χ0v) is 28.0. The molecule has 0 saturated heterocycles. The van der Waals surface area contributed by atoms with Crippen LogP contribution in [0.25, 0.3) is 21.9 Å². The predicted octanol–water partition coefficient (Wildman–Crippen LogP) is 1.98. The molecule has 1 aliphatic rings. The Kier molecular flexibility index (Phi) is 12.6. The Hall–Kier alpha value is -0.616. The van der Waals surface area contributed by atoms with Crippen LogP contribution in [0.3, 0.4) is 0 Å². The normalized spacial score (nSPS) is 11.4. The van der Waals surface area contributed by atoms with Crippen LogP contribution in [0.4, 0.5) is 0 Å². The molecule has 6 heteroatoms. The summed E-state index contributed by atoms with van der Waals surface area (Å²) >= 11 is 1.89. The quantitative estimate of drug-likeness (QED) is 0.210. The van der Waals surface area contributed by atoms with Crippen molar-refractivity contribution in [2.24, 2.45) is 0 Å². The van der Waals surface area contributed by atoms with Crippen molar-refractivity contribution in [2.75, 3.05) is 0 Å². The van der Waals surface area contributed by atoms with E-state index in [0.29, 0.717) is 0 Å². The van der Waals surface area contributed by atoms with Gasteiger partial charge in [0.1, 0.15) is 0 Å². The molecule has 178 valence electrons. The first-order valence-corrected chi connectivity index (χ1v) is 25.5. The Morgan fingerprint density at radius 3 is 1.97 bits per heavy atom. The minimum absolute atomic E-state index is 0. The third-order valence-corrected chi connectivity index (χ3v) is 64.3. The molecule has 0 heterocycles. The van der Waals surface area contributed by atoms with Gasteiger partial charge in [0.15, 0.2) is 0 Å². The summed E-state index contributed by atoms with van der Waals surface area (Å²) in [6.07, 6.45) is 1.05. The van der Waals surface area contributed by atoms with Gasteiger partial charge in [-0.25, -0.2) is 0 Å². The van der Waals surface area contributed by atoms with Crippen LogP contribution in [0.5, 0.6) is 0 Å². The molecular formula is C28H34Cl2Si3Zr-2. The Labute approximate surface area is 235 Å². The van der Waals surface area contributed by atoms with Crippen LogP contribution in [0.2, 0.25) is 39.3 Å². The summed E-state index contributed by atoms with van der Waals surface area (Å²) in [7, 11) is -1.38. The van der Waals surface area contributed by atoms with Crippen molar-refractivity contribution in [3.05, 3.63) is 102 Å². The van der Waals surface area contributed by atoms with Gasteiger partial charge in [-0.2, -0.15) is 47.3 Å². The molecule has 34 heavy (non-hydrogen) atoms. The van der Waals surface area contributed by atoms with Crippen LogP contribution in [0.1, 0.15) is 11.1 Å². The van der Waals surface area contributed by atoms with E-state index in [0.717, 1.165) is 6.42 Å². The van der Waals surface area contributed by atoms with Gasteiger partial charge in [0, 0.05) is 0 Å². The van der Waals surface area contributed by atoms with E-state index in [1.54, 1.807) is 0 Å². The van der Waals surface area contributed by atoms with Crippen LogP contribution < -0.4 is 24.8 Å². The average molecular weight is 617 g/mol. The fourth-order valence-electron chi connectivity index (χ4n) is 4.19. The number of halogens is 2. The molecule has 0 amide bonds. The Morgan fingerprint density at radius 1 is 0.765 bits per heavy atom. The van der Waals surface area contributed by atoms with E-state index in [4.69, 9.17) is 0 Å². The third kappa shape index (κ3) is 8.50. The molecule has 0 spiro atoms.